The number of nitrogens with one attached hydrogen (secondary N) is 1. The van der Waals surface area contributed by atoms with Crippen molar-refractivity contribution in [2.24, 2.45) is 5.73 Å². The van der Waals surface area contributed by atoms with Gasteiger partial charge in [0.05, 0.1) is 7.11 Å². The summed E-state index contributed by atoms with van der Waals surface area (Å²) in [6.07, 6.45) is 0. The molecule has 1 heterocycles. The number of nitrogens with zero attached hydrogens (tertiary/aromatic N) is 2. The zero-order valence-electron chi connectivity index (χ0n) is 10.8. The Labute approximate surface area is 114 Å². The third-order valence-corrected chi connectivity index (χ3v) is 3.10. The predicted molar refractivity (Wildman–Crippen MR) is 74.4 cm³/mol. The molecule has 0 fully saturated rings. The molecule has 3 N–H and O–H groups in total. The Morgan fingerprint density at radius 1 is 1.15 bits per heavy atom. The average molecular weight is 268 g/mol. The van der Waals surface area contributed by atoms with E-state index in [2.05, 4.69) is 15.4 Å². The highest BCUT2D eigenvalue weighted by atomic mass is 16.5. The fourth-order valence-corrected chi connectivity index (χ4v) is 2.10. The minimum Gasteiger partial charge on any atom is -0.497 e. The van der Waals surface area contributed by atoms with Crippen molar-refractivity contribution < 1.29 is 9.53 Å². The molecule has 3 rings (SSSR count). The molecular weight excluding hydrogens is 256 g/mol. The summed E-state index contributed by atoms with van der Waals surface area (Å²) in [5, 5.41) is 12.2. The van der Waals surface area contributed by atoms with E-state index in [1.807, 2.05) is 36.4 Å². The lowest BCUT2D eigenvalue weighted by atomic mass is 10.0. The summed E-state index contributed by atoms with van der Waals surface area (Å²) in [5.41, 5.74) is 6.64. The largest absolute Gasteiger partial charge is 0.497 e. The van der Waals surface area contributed by atoms with Crippen LogP contribution >= 0.6 is 0 Å². The van der Waals surface area contributed by atoms with Crippen molar-refractivity contribution in [3.8, 4) is 17.0 Å². The third-order valence-electron chi connectivity index (χ3n) is 3.10. The molecule has 3 aromatic rings. The number of H-pyrrole nitrogens is 1. The molecule has 0 saturated heterocycles. The first-order valence-electron chi connectivity index (χ1n) is 5.98. The van der Waals surface area contributed by atoms with Crippen molar-refractivity contribution >= 4 is 16.7 Å². The highest BCUT2D eigenvalue weighted by Gasteiger charge is 2.15. The number of fused-ring (bicyclic) bond motifs is 1. The number of nitrogens with two attached hydrogens (primary N) is 1. The first-order chi connectivity index (χ1) is 9.69. The lowest BCUT2D eigenvalue weighted by Gasteiger charge is -2.04. The van der Waals surface area contributed by atoms with E-state index in [4.69, 9.17) is 10.5 Å². The number of methoxy groups -OCH3 is 1. The highest BCUT2D eigenvalue weighted by Crippen LogP contribution is 2.26. The molecule has 1 amide bonds. The zero-order valence-corrected chi connectivity index (χ0v) is 10.8. The van der Waals surface area contributed by atoms with Crippen LogP contribution in [0.4, 0.5) is 0 Å². The van der Waals surface area contributed by atoms with Crippen molar-refractivity contribution in [1.82, 2.24) is 15.4 Å². The zero-order chi connectivity index (χ0) is 14.1. The number of aromatic amines is 1. The summed E-state index contributed by atoms with van der Waals surface area (Å²) < 4.78 is 5.19. The van der Waals surface area contributed by atoms with Gasteiger partial charge < -0.3 is 10.5 Å². The molecule has 0 aliphatic heterocycles. The van der Waals surface area contributed by atoms with Crippen LogP contribution in [0, 0.1) is 0 Å². The van der Waals surface area contributed by atoms with Crippen LogP contribution in [0.3, 0.4) is 0 Å². The Kier molecular flexibility index (Phi) is 2.83. The first-order valence-corrected chi connectivity index (χ1v) is 5.98. The number of aromatic nitrogens is 3. The Bertz CT molecular complexity index is 795. The Morgan fingerprint density at radius 2 is 1.90 bits per heavy atom. The van der Waals surface area contributed by atoms with Crippen molar-refractivity contribution in [1.29, 1.82) is 0 Å². The van der Waals surface area contributed by atoms with Gasteiger partial charge in [0.25, 0.3) is 5.91 Å². The number of primary amides is 1. The summed E-state index contributed by atoms with van der Waals surface area (Å²) >= 11 is 0. The molecule has 0 unspecified atom stereocenters. The Hall–Kier alpha value is -2.89. The second kappa shape index (κ2) is 4.65. The van der Waals surface area contributed by atoms with Gasteiger partial charge in [-0.25, -0.2) is 0 Å². The summed E-state index contributed by atoms with van der Waals surface area (Å²) in [4.78, 5) is 11.3. The Balaban J connectivity index is 2.13. The van der Waals surface area contributed by atoms with Crippen molar-refractivity contribution in [2.45, 2.75) is 0 Å². The van der Waals surface area contributed by atoms with Crippen molar-refractivity contribution in [2.75, 3.05) is 7.11 Å². The number of hydrogen-bond acceptors (Lipinski definition) is 4. The number of carbonyl (C=O) groups excluding carboxylic acids is 1. The molecule has 0 atom stereocenters. The summed E-state index contributed by atoms with van der Waals surface area (Å²) in [7, 11) is 1.63. The van der Waals surface area contributed by atoms with Crippen LogP contribution in [0.15, 0.2) is 36.4 Å². The fraction of sp³-hybridized carbons (Fsp3) is 0.0714. The normalized spacial score (nSPS) is 10.7. The molecule has 2 aromatic carbocycles. The minimum atomic E-state index is -0.608. The highest BCUT2D eigenvalue weighted by molar-refractivity contribution is 5.98. The van der Waals surface area contributed by atoms with Gasteiger partial charge in [0.2, 0.25) is 0 Å². The molecule has 0 aliphatic carbocycles. The van der Waals surface area contributed by atoms with Crippen LogP contribution in [0.2, 0.25) is 0 Å². The number of carbonyl (C=O) groups is 1. The van der Waals surface area contributed by atoms with Gasteiger partial charge in [-0.2, -0.15) is 15.4 Å². The lowest BCUT2D eigenvalue weighted by molar-refractivity contribution is 0.0996. The number of hydrogen-bond donors (Lipinski definition) is 2. The maximum Gasteiger partial charge on any atom is 0.271 e. The van der Waals surface area contributed by atoms with Gasteiger partial charge in [-0.05, 0) is 29.0 Å². The van der Waals surface area contributed by atoms with Gasteiger partial charge >= 0.3 is 0 Å². The average Bonchev–Trinajstić information content (AvgIpc) is 2.95. The molecule has 1 aromatic heterocycles. The van der Waals surface area contributed by atoms with Crippen LogP contribution in [0.1, 0.15) is 10.5 Å². The van der Waals surface area contributed by atoms with E-state index in [0.717, 1.165) is 22.1 Å². The van der Waals surface area contributed by atoms with Gasteiger partial charge in [0, 0.05) is 5.56 Å². The Morgan fingerprint density at radius 3 is 2.65 bits per heavy atom. The number of amides is 1. The summed E-state index contributed by atoms with van der Waals surface area (Å²) in [5.74, 6) is 0.188. The molecule has 0 bridgehead atoms. The van der Waals surface area contributed by atoms with Gasteiger partial charge in [0.15, 0.2) is 5.69 Å². The van der Waals surface area contributed by atoms with E-state index in [1.54, 1.807) is 7.11 Å². The van der Waals surface area contributed by atoms with Crippen molar-refractivity contribution in [3.63, 3.8) is 0 Å². The van der Waals surface area contributed by atoms with Crippen LogP contribution in [-0.2, 0) is 0 Å². The number of benzene rings is 2. The van der Waals surface area contributed by atoms with E-state index in [-0.39, 0.29) is 5.69 Å². The van der Waals surface area contributed by atoms with Gasteiger partial charge in [0.1, 0.15) is 11.4 Å². The second-order valence-corrected chi connectivity index (χ2v) is 4.31. The maximum atomic E-state index is 11.3. The monoisotopic (exact) mass is 268 g/mol. The topological polar surface area (TPSA) is 93.9 Å². The van der Waals surface area contributed by atoms with Gasteiger partial charge in [-0.1, -0.05) is 18.2 Å². The summed E-state index contributed by atoms with van der Waals surface area (Å²) in [6, 6.07) is 11.5. The predicted octanol–water partition coefficient (Wildman–Crippen LogP) is 1.73. The van der Waals surface area contributed by atoms with Crippen molar-refractivity contribution in [3.05, 3.63) is 42.1 Å². The van der Waals surface area contributed by atoms with Gasteiger partial charge in [-0.3, -0.25) is 4.79 Å². The molecule has 0 aliphatic rings. The summed E-state index contributed by atoms with van der Waals surface area (Å²) in [6.45, 7) is 0. The molecule has 100 valence electrons. The van der Waals surface area contributed by atoms with Crippen LogP contribution in [-0.4, -0.2) is 28.4 Å². The maximum absolute atomic E-state index is 11.3. The molecule has 0 saturated carbocycles. The quantitative estimate of drug-likeness (QED) is 0.756. The fourth-order valence-electron chi connectivity index (χ4n) is 2.10. The van der Waals surface area contributed by atoms with E-state index < -0.39 is 5.91 Å². The molecular formula is C14H12N4O2. The first kappa shape index (κ1) is 12.2. The standard InChI is InChI=1S/C14H12N4O2/c1-20-11-5-4-8-6-10(3-2-9(8)7-11)12-13(14(15)19)17-18-16-12/h2-7H,1H3,(H2,15,19)(H,16,17,18). The van der Waals surface area contributed by atoms with Crippen LogP contribution in [0.25, 0.3) is 22.0 Å². The van der Waals surface area contributed by atoms with E-state index in [1.165, 1.54) is 0 Å². The lowest BCUT2D eigenvalue weighted by Crippen LogP contribution is -2.12. The van der Waals surface area contributed by atoms with Crippen LogP contribution < -0.4 is 10.5 Å². The SMILES string of the molecule is COc1ccc2cc(-c3n[nH]nc3C(N)=O)ccc2c1. The number of ether oxygens (including phenoxy) is 1. The molecule has 0 spiro atoms. The van der Waals surface area contributed by atoms with Gasteiger partial charge in [-0.15, -0.1) is 0 Å². The third kappa shape index (κ3) is 1.97. The minimum absolute atomic E-state index is 0.137. The molecule has 0 radical (unpaired) electrons. The van der Waals surface area contributed by atoms with Crippen LogP contribution in [0.5, 0.6) is 5.75 Å². The van der Waals surface area contributed by atoms with E-state index in [9.17, 15) is 4.79 Å². The smallest absolute Gasteiger partial charge is 0.271 e. The molecule has 6 nitrogen and oxygen atoms in total. The molecule has 6 heteroatoms. The number of rotatable bonds is 3. The second-order valence-electron chi connectivity index (χ2n) is 4.31. The molecule has 20 heavy (non-hydrogen) atoms. The van der Waals surface area contributed by atoms with E-state index in [0.29, 0.717) is 5.69 Å². The van der Waals surface area contributed by atoms with E-state index >= 15 is 0 Å².